The smallest absolute Gasteiger partial charge is 0.243 e. The van der Waals surface area contributed by atoms with Gasteiger partial charge in [-0.15, -0.1) is 0 Å². The van der Waals surface area contributed by atoms with Gasteiger partial charge < -0.3 is 10.2 Å². The molecule has 202 valence electrons. The topological polar surface area (TPSA) is 95.6 Å². The van der Waals surface area contributed by atoms with Crippen molar-refractivity contribution < 1.29 is 22.4 Å². The van der Waals surface area contributed by atoms with Crippen LogP contribution in [0.5, 0.6) is 0 Å². The fraction of sp³-hybridized carbons (Fsp3) is 0.310. The number of nitrogens with zero attached hydrogens (tertiary/aromatic N) is 1. The molecular formula is C29H34FN3O4S. The zero-order chi connectivity index (χ0) is 27.5. The van der Waals surface area contributed by atoms with Gasteiger partial charge in [-0.2, -0.15) is 0 Å². The first-order valence-corrected chi connectivity index (χ1v) is 14.2. The lowest BCUT2D eigenvalue weighted by molar-refractivity contribution is -0.141. The van der Waals surface area contributed by atoms with Crippen LogP contribution in [0, 0.1) is 5.82 Å². The van der Waals surface area contributed by atoms with Crippen LogP contribution in [-0.2, 0) is 39.0 Å². The summed E-state index contributed by atoms with van der Waals surface area (Å²) >= 11 is 0. The van der Waals surface area contributed by atoms with Gasteiger partial charge in [-0.1, -0.05) is 61.5 Å². The summed E-state index contributed by atoms with van der Waals surface area (Å²) in [6.07, 6.45) is 0.815. The zero-order valence-electron chi connectivity index (χ0n) is 21.7. The van der Waals surface area contributed by atoms with Gasteiger partial charge in [0.1, 0.15) is 11.9 Å². The quantitative estimate of drug-likeness (QED) is 0.345. The molecule has 0 bridgehead atoms. The molecule has 0 aliphatic carbocycles. The molecule has 9 heteroatoms. The molecule has 3 aromatic carbocycles. The van der Waals surface area contributed by atoms with E-state index in [0.717, 1.165) is 11.1 Å². The van der Waals surface area contributed by atoms with Gasteiger partial charge >= 0.3 is 0 Å². The number of sulfonamides is 1. The summed E-state index contributed by atoms with van der Waals surface area (Å²) in [4.78, 5) is 28.5. The normalized spacial score (nSPS) is 12.1. The molecule has 0 aliphatic rings. The van der Waals surface area contributed by atoms with E-state index in [2.05, 4.69) is 10.0 Å². The van der Waals surface area contributed by atoms with Crippen molar-refractivity contribution in [3.05, 3.63) is 101 Å². The van der Waals surface area contributed by atoms with Crippen molar-refractivity contribution in [3.8, 4) is 0 Å². The number of amides is 2. The zero-order valence-corrected chi connectivity index (χ0v) is 22.5. The Morgan fingerprint density at radius 2 is 1.47 bits per heavy atom. The van der Waals surface area contributed by atoms with Crippen LogP contribution in [0.1, 0.15) is 37.0 Å². The first-order chi connectivity index (χ1) is 18.2. The summed E-state index contributed by atoms with van der Waals surface area (Å²) in [6.45, 7) is 4.39. The number of halogens is 1. The van der Waals surface area contributed by atoms with Gasteiger partial charge in [0, 0.05) is 32.5 Å². The summed E-state index contributed by atoms with van der Waals surface area (Å²) in [5.74, 6) is -0.869. The minimum Gasteiger partial charge on any atom is -0.355 e. The van der Waals surface area contributed by atoms with E-state index in [1.807, 2.05) is 37.3 Å². The summed E-state index contributed by atoms with van der Waals surface area (Å²) in [5, 5.41) is 2.84. The molecule has 0 spiro atoms. The highest BCUT2D eigenvalue weighted by molar-refractivity contribution is 7.89. The monoisotopic (exact) mass is 539 g/mol. The highest BCUT2D eigenvalue weighted by atomic mass is 32.2. The number of carbonyl (C=O) groups is 2. The fourth-order valence-corrected chi connectivity index (χ4v) is 5.18. The van der Waals surface area contributed by atoms with Crippen molar-refractivity contribution in [1.29, 1.82) is 0 Å². The van der Waals surface area contributed by atoms with E-state index in [9.17, 15) is 22.4 Å². The maximum absolute atomic E-state index is 13.6. The molecule has 2 amide bonds. The molecule has 3 aromatic rings. The highest BCUT2D eigenvalue weighted by Crippen LogP contribution is 2.18. The number of hydrogen-bond acceptors (Lipinski definition) is 4. The van der Waals surface area contributed by atoms with E-state index in [1.165, 1.54) is 24.3 Å². The first-order valence-electron chi connectivity index (χ1n) is 12.7. The van der Waals surface area contributed by atoms with Crippen LogP contribution in [0.4, 0.5) is 4.39 Å². The lowest BCUT2D eigenvalue weighted by Gasteiger charge is -2.31. The minimum atomic E-state index is -3.56. The predicted octanol–water partition coefficient (Wildman–Crippen LogP) is 3.83. The second-order valence-corrected chi connectivity index (χ2v) is 10.7. The third kappa shape index (κ3) is 8.22. The van der Waals surface area contributed by atoms with E-state index in [4.69, 9.17) is 0 Å². The average molecular weight is 540 g/mol. The van der Waals surface area contributed by atoms with Gasteiger partial charge in [0.25, 0.3) is 0 Å². The van der Waals surface area contributed by atoms with Gasteiger partial charge in [-0.25, -0.2) is 17.5 Å². The van der Waals surface area contributed by atoms with Crippen molar-refractivity contribution in [2.24, 2.45) is 0 Å². The van der Waals surface area contributed by atoms with Crippen LogP contribution in [-0.4, -0.2) is 44.3 Å². The number of rotatable bonds is 13. The van der Waals surface area contributed by atoms with E-state index >= 15 is 0 Å². The second kappa shape index (κ2) is 13.8. The van der Waals surface area contributed by atoms with Crippen LogP contribution < -0.4 is 10.0 Å². The summed E-state index contributed by atoms with van der Waals surface area (Å²) in [6, 6.07) is 21.0. The first kappa shape index (κ1) is 29.0. The number of nitrogens with one attached hydrogen (secondary N) is 2. The van der Waals surface area contributed by atoms with Crippen molar-refractivity contribution in [2.45, 2.75) is 50.6 Å². The molecular weight excluding hydrogens is 505 g/mol. The average Bonchev–Trinajstić information content (AvgIpc) is 2.91. The number of benzene rings is 3. The standard InChI is InChI=1S/C29H34FN3O4S/c1-3-31-29(35)27(20-23-8-6-5-7-9-23)33(21-24-10-15-25(30)16-11-24)28(34)19-14-22-12-17-26(18-13-22)38(36,37)32-4-2/h5-13,15-18,27,32H,3-4,14,19-21H2,1-2H3,(H,31,35)/t27-/m1/s1. The maximum Gasteiger partial charge on any atom is 0.243 e. The van der Waals surface area contributed by atoms with Crippen LogP contribution >= 0.6 is 0 Å². The Labute approximate surface area is 224 Å². The third-order valence-electron chi connectivity index (χ3n) is 6.08. The summed E-state index contributed by atoms with van der Waals surface area (Å²) in [7, 11) is -3.56. The van der Waals surface area contributed by atoms with E-state index in [1.54, 1.807) is 36.1 Å². The Hall–Kier alpha value is -3.56. The Morgan fingerprint density at radius 3 is 2.08 bits per heavy atom. The Kier molecular flexibility index (Phi) is 10.6. The van der Waals surface area contributed by atoms with Gasteiger partial charge in [0.15, 0.2) is 0 Å². The molecule has 0 aromatic heterocycles. The third-order valence-corrected chi connectivity index (χ3v) is 7.65. The molecule has 0 unspecified atom stereocenters. The van der Waals surface area contributed by atoms with Crippen molar-refractivity contribution >= 4 is 21.8 Å². The SMILES string of the molecule is CCNC(=O)[C@@H](Cc1ccccc1)N(Cc1ccc(F)cc1)C(=O)CCc1ccc(S(=O)(=O)NCC)cc1. The fourth-order valence-electron chi connectivity index (χ4n) is 4.14. The van der Waals surface area contributed by atoms with Gasteiger partial charge in [0.2, 0.25) is 21.8 Å². The Bertz CT molecular complexity index is 1300. The van der Waals surface area contributed by atoms with Crippen molar-refractivity contribution in [1.82, 2.24) is 14.9 Å². The molecule has 7 nitrogen and oxygen atoms in total. The molecule has 0 radical (unpaired) electrons. The molecule has 1 atom stereocenters. The van der Waals surface area contributed by atoms with Crippen molar-refractivity contribution in [3.63, 3.8) is 0 Å². The molecule has 0 heterocycles. The predicted molar refractivity (Wildman–Crippen MR) is 145 cm³/mol. The van der Waals surface area contributed by atoms with Gasteiger partial charge in [-0.05, 0) is 54.3 Å². The number of aryl methyl sites for hydroxylation is 1. The molecule has 3 rings (SSSR count). The molecule has 38 heavy (non-hydrogen) atoms. The van der Waals surface area contributed by atoms with Crippen LogP contribution in [0.3, 0.4) is 0 Å². The molecule has 0 saturated carbocycles. The molecule has 0 aliphatic heterocycles. The van der Waals surface area contributed by atoms with E-state index in [-0.39, 0.29) is 42.0 Å². The largest absolute Gasteiger partial charge is 0.355 e. The second-order valence-electron chi connectivity index (χ2n) is 8.89. The lowest BCUT2D eigenvalue weighted by atomic mass is 10.0. The molecule has 0 saturated heterocycles. The lowest BCUT2D eigenvalue weighted by Crippen LogP contribution is -2.50. The van der Waals surface area contributed by atoms with Gasteiger partial charge in [0.05, 0.1) is 4.90 Å². The molecule has 2 N–H and O–H groups in total. The number of likely N-dealkylation sites (N-methyl/N-ethyl adjacent to an activating group) is 1. The Morgan fingerprint density at radius 1 is 0.842 bits per heavy atom. The van der Waals surface area contributed by atoms with Gasteiger partial charge in [-0.3, -0.25) is 9.59 Å². The maximum atomic E-state index is 13.6. The summed E-state index contributed by atoms with van der Waals surface area (Å²) in [5.41, 5.74) is 2.42. The molecule has 0 fully saturated rings. The van der Waals surface area contributed by atoms with E-state index < -0.39 is 16.1 Å². The minimum absolute atomic E-state index is 0.116. The van der Waals surface area contributed by atoms with E-state index in [0.29, 0.717) is 24.9 Å². The number of hydrogen-bond donors (Lipinski definition) is 2. The highest BCUT2D eigenvalue weighted by Gasteiger charge is 2.30. The van der Waals surface area contributed by atoms with Crippen molar-refractivity contribution in [2.75, 3.05) is 13.1 Å². The summed E-state index contributed by atoms with van der Waals surface area (Å²) < 4.78 is 40.4. The Balaban J connectivity index is 1.84. The van der Waals surface area contributed by atoms with Crippen LogP contribution in [0.15, 0.2) is 83.8 Å². The van der Waals surface area contributed by atoms with Crippen LogP contribution in [0.25, 0.3) is 0 Å². The number of carbonyl (C=O) groups excluding carboxylic acids is 2. The van der Waals surface area contributed by atoms with Crippen LogP contribution in [0.2, 0.25) is 0 Å².